The van der Waals surface area contributed by atoms with Gasteiger partial charge in [-0.1, -0.05) is 0 Å². The molecule has 1 aromatic carbocycles. The molecule has 6 nitrogen and oxygen atoms in total. The molecular formula is C23H18F6I3O6-. The number of alkyl halides is 6. The summed E-state index contributed by atoms with van der Waals surface area (Å²) in [4.78, 5) is 37.1. The minimum absolute atomic E-state index is 0.0174. The van der Waals surface area contributed by atoms with Crippen LogP contribution in [0.5, 0.6) is 0 Å². The van der Waals surface area contributed by atoms with Gasteiger partial charge in [-0.3, -0.25) is 4.79 Å². The highest BCUT2D eigenvalue weighted by atomic mass is 127. The molecule has 2 atom stereocenters. The van der Waals surface area contributed by atoms with Crippen molar-refractivity contribution in [3.63, 3.8) is 0 Å². The first-order chi connectivity index (χ1) is 17.4. The summed E-state index contributed by atoms with van der Waals surface area (Å²) in [6.45, 7) is 0. The fourth-order valence-corrected chi connectivity index (χ4v) is 8.67. The highest BCUT2D eigenvalue weighted by Crippen LogP contribution is 2.62. The molecule has 0 amide bonds. The Morgan fingerprint density at radius 2 is 1.50 bits per heavy atom. The highest BCUT2D eigenvalue weighted by molar-refractivity contribution is 14.1. The lowest BCUT2D eigenvalue weighted by Crippen LogP contribution is -2.64. The van der Waals surface area contributed by atoms with Gasteiger partial charge in [0.05, 0.1) is 11.0 Å². The van der Waals surface area contributed by atoms with E-state index in [1.807, 2.05) is 28.7 Å². The predicted molar refractivity (Wildman–Crippen MR) is 140 cm³/mol. The third-order valence-electron chi connectivity index (χ3n) is 7.65. The maximum absolute atomic E-state index is 13.7. The van der Waals surface area contributed by atoms with Crippen molar-refractivity contribution in [1.82, 2.24) is 0 Å². The summed E-state index contributed by atoms with van der Waals surface area (Å²) in [5.74, 6) is -6.11. The molecule has 15 heteroatoms. The van der Waals surface area contributed by atoms with Crippen LogP contribution in [0.15, 0.2) is 12.1 Å². The highest BCUT2D eigenvalue weighted by Gasteiger charge is 2.75. The number of carbonyl (C=O) groups is 3. The Labute approximate surface area is 253 Å². The first-order valence-corrected chi connectivity index (χ1v) is 14.5. The molecule has 210 valence electrons. The minimum Gasteiger partial charge on any atom is -0.550 e. The Morgan fingerprint density at radius 1 is 0.947 bits per heavy atom. The number of carboxylic acids is 1. The molecule has 0 spiro atoms. The van der Waals surface area contributed by atoms with Crippen LogP contribution in [0.1, 0.15) is 48.9 Å². The summed E-state index contributed by atoms with van der Waals surface area (Å²) in [5, 5.41) is 10.9. The number of hydrogen-bond donors (Lipinski definition) is 0. The summed E-state index contributed by atoms with van der Waals surface area (Å²) >= 11 is 6.15. The Bertz CT molecular complexity index is 1140. The van der Waals surface area contributed by atoms with Crippen molar-refractivity contribution in [3.8, 4) is 0 Å². The predicted octanol–water partition coefficient (Wildman–Crippen LogP) is 5.40. The zero-order valence-corrected chi connectivity index (χ0v) is 25.5. The van der Waals surface area contributed by atoms with Crippen molar-refractivity contribution in [2.75, 3.05) is 0 Å². The number of halogens is 9. The normalized spacial score (nSPS) is 28.8. The molecule has 4 aliphatic rings. The van der Waals surface area contributed by atoms with Gasteiger partial charge in [0, 0.05) is 23.1 Å². The molecule has 4 saturated carbocycles. The van der Waals surface area contributed by atoms with Crippen LogP contribution in [-0.2, 0) is 19.1 Å². The van der Waals surface area contributed by atoms with E-state index in [1.165, 1.54) is 0 Å². The van der Waals surface area contributed by atoms with Gasteiger partial charge in [-0.15, -0.1) is 0 Å². The lowest BCUT2D eigenvalue weighted by molar-refractivity contribution is -0.383. The number of hydrogen-bond acceptors (Lipinski definition) is 6. The number of carboxylic acid groups (broad SMARTS) is 1. The van der Waals surface area contributed by atoms with Gasteiger partial charge in [0.15, 0.2) is 0 Å². The number of ether oxygens (including phenoxy) is 2. The van der Waals surface area contributed by atoms with Gasteiger partial charge < -0.3 is 19.4 Å². The van der Waals surface area contributed by atoms with E-state index in [-0.39, 0.29) is 25.2 Å². The average molecular weight is 885 g/mol. The third kappa shape index (κ3) is 5.36. The lowest BCUT2D eigenvalue weighted by Gasteiger charge is -2.58. The average Bonchev–Trinajstić information content (AvgIpc) is 2.75. The first kappa shape index (κ1) is 30.4. The first-order valence-electron chi connectivity index (χ1n) is 11.3. The van der Waals surface area contributed by atoms with Crippen LogP contribution in [0.3, 0.4) is 0 Å². The number of carbonyl (C=O) groups excluding carboxylic acids is 3. The van der Waals surface area contributed by atoms with Crippen LogP contribution in [-0.4, -0.2) is 42.0 Å². The van der Waals surface area contributed by atoms with Crippen molar-refractivity contribution >= 4 is 85.7 Å². The third-order valence-corrected chi connectivity index (χ3v) is 11.3. The quantitative estimate of drug-likeness (QED) is 0.165. The number of benzene rings is 1. The van der Waals surface area contributed by atoms with Crippen molar-refractivity contribution < 1.29 is 55.3 Å². The van der Waals surface area contributed by atoms with Crippen molar-refractivity contribution in [1.29, 1.82) is 0 Å². The minimum atomic E-state index is -6.25. The topological polar surface area (TPSA) is 92.7 Å². The molecule has 0 aliphatic heterocycles. The van der Waals surface area contributed by atoms with Crippen LogP contribution in [0.2, 0.25) is 0 Å². The Balaban J connectivity index is 1.59. The standard InChI is InChI=1S/C23H19F6I3O6/c24-22(25,26)21(8-15(33)34,23(27,28)29)38-19(36)20-5-9-1-10(6-20)17(11(2-9)7-20)37-18(35)13-3-12(30)4-14(31)16(13)32/h3-4,9-11,17H,1-2,5-8H2,(H,33,34)/p-1. The summed E-state index contributed by atoms with van der Waals surface area (Å²) in [6.07, 6.45) is -15.0. The molecule has 0 heterocycles. The summed E-state index contributed by atoms with van der Waals surface area (Å²) in [5.41, 5.74) is -6.56. The van der Waals surface area contributed by atoms with Crippen molar-refractivity contribution in [3.05, 3.63) is 28.4 Å². The van der Waals surface area contributed by atoms with Gasteiger partial charge in [-0.2, -0.15) is 26.3 Å². The van der Waals surface area contributed by atoms with Crippen molar-refractivity contribution in [2.24, 2.45) is 23.2 Å². The molecule has 0 saturated heterocycles. The molecule has 1 aromatic rings. The largest absolute Gasteiger partial charge is 0.550 e. The van der Waals surface area contributed by atoms with Gasteiger partial charge in [0.2, 0.25) is 0 Å². The van der Waals surface area contributed by atoms with Crippen LogP contribution in [0.4, 0.5) is 26.3 Å². The maximum atomic E-state index is 13.7. The van der Waals surface area contributed by atoms with Crippen LogP contribution >= 0.6 is 67.8 Å². The number of esters is 2. The zero-order chi connectivity index (χ0) is 28.4. The molecule has 4 bridgehead atoms. The number of rotatable bonds is 6. The van der Waals surface area contributed by atoms with Gasteiger partial charge in [0.25, 0.3) is 0 Å². The van der Waals surface area contributed by atoms with E-state index in [0.717, 1.165) is 7.14 Å². The molecule has 38 heavy (non-hydrogen) atoms. The summed E-state index contributed by atoms with van der Waals surface area (Å²) < 4.78 is 94.4. The monoisotopic (exact) mass is 885 g/mol. The van der Waals surface area contributed by atoms with Gasteiger partial charge >= 0.3 is 29.9 Å². The number of aliphatic carboxylic acids is 1. The van der Waals surface area contributed by atoms with E-state index in [9.17, 15) is 45.8 Å². The second-order valence-electron chi connectivity index (χ2n) is 10.1. The Kier molecular flexibility index (Phi) is 8.27. The molecule has 2 unspecified atom stereocenters. The van der Waals surface area contributed by atoms with E-state index >= 15 is 0 Å². The zero-order valence-electron chi connectivity index (χ0n) is 19.1. The lowest BCUT2D eigenvalue weighted by atomic mass is 9.48. The molecule has 4 aliphatic carbocycles. The Morgan fingerprint density at radius 3 is 2.00 bits per heavy atom. The fourth-order valence-electron chi connectivity index (χ4n) is 6.29. The van der Waals surface area contributed by atoms with E-state index in [2.05, 4.69) is 49.9 Å². The molecule has 4 fully saturated rings. The molecule has 0 aromatic heterocycles. The van der Waals surface area contributed by atoms with E-state index < -0.39 is 65.6 Å². The van der Waals surface area contributed by atoms with Gasteiger partial charge in [-0.05, 0) is 130 Å². The van der Waals surface area contributed by atoms with Crippen LogP contribution < -0.4 is 5.11 Å². The van der Waals surface area contributed by atoms with Crippen LogP contribution in [0.25, 0.3) is 0 Å². The molecule has 5 rings (SSSR count). The smallest absolute Gasteiger partial charge is 0.437 e. The van der Waals surface area contributed by atoms with Crippen molar-refractivity contribution in [2.45, 2.75) is 62.6 Å². The van der Waals surface area contributed by atoms with Crippen LogP contribution in [0, 0.1) is 33.9 Å². The van der Waals surface area contributed by atoms with Gasteiger partial charge in [-0.25, -0.2) is 4.79 Å². The maximum Gasteiger partial charge on any atom is 0.437 e. The second kappa shape index (κ2) is 10.3. The summed E-state index contributed by atoms with van der Waals surface area (Å²) in [7, 11) is 0. The molecular weight excluding hydrogens is 867 g/mol. The summed E-state index contributed by atoms with van der Waals surface area (Å²) in [6, 6.07) is 3.53. The molecule has 0 N–H and O–H groups in total. The Hall–Kier alpha value is -0.600. The van der Waals surface area contributed by atoms with E-state index in [1.54, 1.807) is 6.07 Å². The van der Waals surface area contributed by atoms with E-state index in [4.69, 9.17) is 4.74 Å². The fraction of sp³-hybridized carbons (Fsp3) is 0.609. The van der Waals surface area contributed by atoms with E-state index in [0.29, 0.717) is 22.0 Å². The van der Waals surface area contributed by atoms with Gasteiger partial charge in [0.1, 0.15) is 6.10 Å². The molecule has 0 radical (unpaired) electrons. The second-order valence-corrected chi connectivity index (χ2v) is 13.6. The SMILES string of the molecule is O=C([O-])CC(OC(=O)C12CC3CC(C1)C(OC(=O)c1cc(I)cc(I)c1I)C(C3)C2)(C(F)(F)F)C(F)(F)F.